The maximum absolute atomic E-state index is 2.64. The Hall–Kier alpha value is -8.00. The predicted molar refractivity (Wildman–Crippen MR) is 274 cm³/mol. The van der Waals surface area contributed by atoms with Crippen LogP contribution in [0.3, 0.4) is 0 Å². The van der Waals surface area contributed by atoms with E-state index in [0.717, 1.165) is 18.5 Å². The minimum absolute atomic E-state index is 0.787. The number of aryl methyl sites for hydroxylation is 1. The van der Waals surface area contributed by atoms with Gasteiger partial charge in [0.05, 0.1) is 11.4 Å². The zero-order valence-electron chi connectivity index (χ0n) is 36.7. The number of rotatable bonds is 8. The summed E-state index contributed by atoms with van der Waals surface area (Å²) in [6.07, 6.45) is 1.70. The molecule has 0 saturated carbocycles. The lowest BCUT2D eigenvalue weighted by molar-refractivity contribution is 1.19. The first-order valence-corrected chi connectivity index (χ1v) is 22.9. The normalized spacial score (nSPS) is 12.0. The molecule has 12 rings (SSSR count). The molecule has 10 aromatic carbocycles. The minimum atomic E-state index is 0.787. The molecule has 0 fully saturated rings. The molecule has 0 spiro atoms. The van der Waals surface area contributed by atoms with Crippen molar-refractivity contribution in [2.24, 2.45) is 0 Å². The lowest BCUT2D eigenvalue weighted by Gasteiger charge is -2.35. The van der Waals surface area contributed by atoms with Crippen molar-refractivity contribution in [1.29, 1.82) is 0 Å². The van der Waals surface area contributed by atoms with E-state index < -0.39 is 0 Å². The van der Waals surface area contributed by atoms with Gasteiger partial charge in [0.15, 0.2) is 0 Å². The van der Waals surface area contributed by atoms with E-state index in [1.165, 1.54) is 123 Å². The van der Waals surface area contributed by atoms with Crippen LogP contribution in [0.25, 0.3) is 77.9 Å². The average molecular weight is 830 g/mol. The van der Waals surface area contributed by atoms with Crippen molar-refractivity contribution in [3.63, 3.8) is 0 Å². The molecule has 0 N–H and O–H groups in total. The summed E-state index contributed by atoms with van der Waals surface area (Å²) in [6.45, 7) is 4.60. The average Bonchev–Trinajstić information content (AvgIpc) is 3.96. The molecule has 1 nitrogen and oxygen atoms in total. The molecular weight excluding hydrogens is 783 g/mol. The van der Waals surface area contributed by atoms with Crippen LogP contribution in [-0.2, 0) is 12.8 Å². The van der Waals surface area contributed by atoms with Crippen LogP contribution in [0.15, 0.2) is 224 Å². The van der Waals surface area contributed by atoms with Crippen molar-refractivity contribution in [2.45, 2.75) is 26.7 Å². The summed E-state index contributed by atoms with van der Waals surface area (Å²) in [5.74, 6) is 0. The van der Waals surface area contributed by atoms with Gasteiger partial charge in [-0.3, -0.25) is 0 Å². The van der Waals surface area contributed by atoms with Crippen molar-refractivity contribution < 1.29 is 0 Å². The van der Waals surface area contributed by atoms with Gasteiger partial charge in [-0.15, -0.1) is 0 Å². The molecule has 2 aliphatic rings. The largest absolute Gasteiger partial charge is 0.309 e. The summed E-state index contributed by atoms with van der Waals surface area (Å²) in [5, 5.41) is 0. The predicted octanol–water partition coefficient (Wildman–Crippen LogP) is 17.3. The maximum atomic E-state index is 2.64. The molecule has 0 atom stereocenters. The standard InChI is InChI=1S/C64H47N/c1-42-38-39-57(58(43(42)2)54-37-21-36-53-51-34-19-18-30-48(51)40-55(53)54)65(50-32-16-7-17-33-50)64-56-41-49-31-20-35-52(44-22-8-3-9-23-44)59(49)63(56)61(46-26-12-5-13-27-46)60(45-24-10-4-11-25-45)62(64)47-28-14-6-15-29-47/h3-39H,40-41H2,1-2H3. The Labute approximate surface area is 382 Å². The van der Waals surface area contributed by atoms with E-state index >= 15 is 0 Å². The number of hydrogen-bond acceptors (Lipinski definition) is 1. The first kappa shape index (κ1) is 38.7. The van der Waals surface area contributed by atoms with Gasteiger partial charge in [0.2, 0.25) is 0 Å². The number of fused-ring (bicyclic) bond motifs is 6. The molecule has 0 saturated heterocycles. The van der Waals surface area contributed by atoms with Gasteiger partial charge in [0, 0.05) is 28.8 Å². The van der Waals surface area contributed by atoms with Crippen LogP contribution in [0.2, 0.25) is 0 Å². The Morgan fingerprint density at radius 1 is 0.308 bits per heavy atom. The van der Waals surface area contributed by atoms with Crippen LogP contribution < -0.4 is 4.90 Å². The van der Waals surface area contributed by atoms with Crippen LogP contribution in [0.4, 0.5) is 17.1 Å². The highest BCUT2D eigenvalue weighted by Gasteiger charge is 2.37. The van der Waals surface area contributed by atoms with E-state index in [1.807, 2.05) is 0 Å². The van der Waals surface area contributed by atoms with Crippen LogP contribution >= 0.6 is 0 Å². The fourth-order valence-electron chi connectivity index (χ4n) is 10.9. The lowest BCUT2D eigenvalue weighted by Crippen LogP contribution is -2.17. The van der Waals surface area contributed by atoms with Gasteiger partial charge in [0.25, 0.3) is 0 Å². The van der Waals surface area contributed by atoms with Gasteiger partial charge in [0.1, 0.15) is 0 Å². The Balaban J connectivity index is 1.28. The quantitative estimate of drug-likeness (QED) is 0.147. The van der Waals surface area contributed by atoms with Crippen molar-refractivity contribution in [1.82, 2.24) is 0 Å². The molecule has 308 valence electrons. The van der Waals surface area contributed by atoms with E-state index in [2.05, 4.69) is 243 Å². The van der Waals surface area contributed by atoms with Gasteiger partial charge in [-0.2, -0.15) is 0 Å². The van der Waals surface area contributed by atoms with E-state index in [-0.39, 0.29) is 0 Å². The second-order valence-corrected chi connectivity index (χ2v) is 17.5. The zero-order valence-corrected chi connectivity index (χ0v) is 36.7. The number of nitrogens with zero attached hydrogens (tertiary/aromatic N) is 1. The highest BCUT2D eigenvalue weighted by atomic mass is 15.2. The molecule has 0 heterocycles. The number of para-hydroxylation sites is 1. The van der Waals surface area contributed by atoms with E-state index in [9.17, 15) is 0 Å². The Morgan fingerprint density at radius 3 is 1.45 bits per heavy atom. The lowest BCUT2D eigenvalue weighted by atomic mass is 9.79. The molecular formula is C64H47N. The third kappa shape index (κ3) is 6.38. The Bertz CT molecular complexity index is 3410. The van der Waals surface area contributed by atoms with Crippen molar-refractivity contribution in [3.05, 3.63) is 258 Å². The fourth-order valence-corrected chi connectivity index (χ4v) is 10.9. The molecule has 0 amide bonds. The number of anilines is 3. The van der Waals surface area contributed by atoms with E-state index in [4.69, 9.17) is 0 Å². The molecule has 10 aromatic rings. The fraction of sp³-hybridized carbons (Fsp3) is 0.0625. The van der Waals surface area contributed by atoms with E-state index in [0.29, 0.717) is 0 Å². The van der Waals surface area contributed by atoms with Crippen molar-refractivity contribution in [3.8, 4) is 77.9 Å². The molecule has 2 aliphatic carbocycles. The topological polar surface area (TPSA) is 3.24 Å². The second kappa shape index (κ2) is 16.0. The molecule has 0 aromatic heterocycles. The number of benzene rings is 10. The van der Waals surface area contributed by atoms with Gasteiger partial charge >= 0.3 is 0 Å². The summed E-state index contributed by atoms with van der Waals surface area (Å²) < 4.78 is 0. The highest BCUT2D eigenvalue weighted by Crippen LogP contribution is 2.61. The maximum Gasteiger partial charge on any atom is 0.0588 e. The molecule has 65 heavy (non-hydrogen) atoms. The Morgan fingerprint density at radius 2 is 0.785 bits per heavy atom. The third-order valence-electron chi connectivity index (χ3n) is 13.9. The summed E-state index contributed by atoms with van der Waals surface area (Å²) >= 11 is 0. The zero-order chi connectivity index (χ0) is 43.4. The number of hydrogen-bond donors (Lipinski definition) is 0. The van der Waals surface area contributed by atoms with Crippen LogP contribution in [0.1, 0.15) is 33.4 Å². The smallest absolute Gasteiger partial charge is 0.0588 e. The first-order valence-electron chi connectivity index (χ1n) is 22.9. The summed E-state index contributed by atoms with van der Waals surface area (Å²) in [4.78, 5) is 2.64. The Kier molecular flexibility index (Phi) is 9.50. The van der Waals surface area contributed by atoms with Gasteiger partial charge < -0.3 is 4.90 Å². The summed E-state index contributed by atoms with van der Waals surface area (Å²) in [5.41, 5.74) is 29.2. The summed E-state index contributed by atoms with van der Waals surface area (Å²) in [6, 6.07) is 83.2. The van der Waals surface area contributed by atoms with Crippen molar-refractivity contribution in [2.75, 3.05) is 4.90 Å². The van der Waals surface area contributed by atoms with Gasteiger partial charge in [-0.1, -0.05) is 206 Å². The highest BCUT2D eigenvalue weighted by molar-refractivity contribution is 6.14. The SMILES string of the molecule is Cc1ccc(N(c2ccccc2)c2c3c(c(-c4ccccc4)c(-c4ccccc4)c2-c2ccccc2)-c2c(cccc2-c2ccccc2)C3)c(-c2cccc3c2Cc2ccccc2-3)c1C. The molecule has 1 heteroatoms. The van der Waals surface area contributed by atoms with E-state index in [1.54, 1.807) is 0 Å². The monoisotopic (exact) mass is 829 g/mol. The van der Waals surface area contributed by atoms with Gasteiger partial charge in [-0.05, 0) is 133 Å². The van der Waals surface area contributed by atoms with Crippen LogP contribution in [0.5, 0.6) is 0 Å². The molecule has 0 bridgehead atoms. The van der Waals surface area contributed by atoms with Gasteiger partial charge in [-0.25, -0.2) is 0 Å². The molecule has 0 radical (unpaired) electrons. The van der Waals surface area contributed by atoms with Crippen molar-refractivity contribution >= 4 is 17.1 Å². The minimum Gasteiger partial charge on any atom is -0.309 e. The van der Waals surface area contributed by atoms with Crippen LogP contribution in [-0.4, -0.2) is 0 Å². The third-order valence-corrected chi connectivity index (χ3v) is 13.9. The molecule has 0 unspecified atom stereocenters. The summed E-state index contributed by atoms with van der Waals surface area (Å²) in [7, 11) is 0. The van der Waals surface area contributed by atoms with Crippen LogP contribution in [0, 0.1) is 13.8 Å². The molecule has 0 aliphatic heterocycles. The first-order chi connectivity index (χ1) is 32.1. The second-order valence-electron chi connectivity index (χ2n) is 17.5.